The maximum absolute atomic E-state index is 8.96. The molecule has 1 N–H and O–H groups in total. The first-order valence-corrected chi connectivity index (χ1v) is 5.85. The van der Waals surface area contributed by atoms with Gasteiger partial charge in [-0.1, -0.05) is 23.7 Å². The lowest BCUT2D eigenvalue weighted by Gasteiger charge is -2.20. The van der Waals surface area contributed by atoms with Crippen LogP contribution in [0.15, 0.2) is 30.9 Å². The molecule has 1 aromatic rings. The van der Waals surface area contributed by atoms with Gasteiger partial charge in [0.1, 0.15) is 5.75 Å². The molecule has 0 saturated heterocycles. The van der Waals surface area contributed by atoms with E-state index < -0.39 is 0 Å². The standard InChI is InChI=1S/C13H18ClNO2/c1-3-6-15(7-8-16)10-11-4-5-12(17-2)9-13(11)14/h3-5,9,16H,1,6-8,10H2,2H3. The van der Waals surface area contributed by atoms with Crippen LogP contribution in [0, 0.1) is 0 Å². The smallest absolute Gasteiger partial charge is 0.120 e. The predicted molar refractivity (Wildman–Crippen MR) is 70.6 cm³/mol. The summed E-state index contributed by atoms with van der Waals surface area (Å²) in [6.07, 6.45) is 1.81. The molecule has 0 radical (unpaired) electrons. The van der Waals surface area contributed by atoms with Crippen molar-refractivity contribution >= 4 is 11.6 Å². The summed E-state index contributed by atoms with van der Waals surface area (Å²) >= 11 is 6.16. The Bertz CT molecular complexity index is 368. The van der Waals surface area contributed by atoms with Gasteiger partial charge in [-0.05, 0) is 17.7 Å². The van der Waals surface area contributed by atoms with Crippen LogP contribution in [0.1, 0.15) is 5.56 Å². The van der Waals surface area contributed by atoms with Crippen LogP contribution >= 0.6 is 11.6 Å². The van der Waals surface area contributed by atoms with Gasteiger partial charge in [0.2, 0.25) is 0 Å². The van der Waals surface area contributed by atoms with E-state index in [4.69, 9.17) is 21.4 Å². The number of nitrogens with zero attached hydrogens (tertiary/aromatic N) is 1. The third kappa shape index (κ3) is 4.38. The molecule has 0 aromatic heterocycles. The number of halogens is 1. The zero-order valence-electron chi connectivity index (χ0n) is 10.0. The third-order valence-electron chi connectivity index (χ3n) is 2.46. The zero-order valence-corrected chi connectivity index (χ0v) is 10.8. The van der Waals surface area contributed by atoms with Crippen molar-refractivity contribution in [2.24, 2.45) is 0 Å². The molecule has 17 heavy (non-hydrogen) atoms. The van der Waals surface area contributed by atoms with Crippen molar-refractivity contribution in [1.29, 1.82) is 0 Å². The van der Waals surface area contributed by atoms with E-state index in [2.05, 4.69) is 11.5 Å². The molecule has 0 aliphatic carbocycles. The van der Waals surface area contributed by atoms with Crippen LogP contribution < -0.4 is 4.74 Å². The van der Waals surface area contributed by atoms with Gasteiger partial charge in [0, 0.05) is 24.7 Å². The van der Waals surface area contributed by atoms with Crippen molar-refractivity contribution in [3.8, 4) is 5.75 Å². The van der Waals surface area contributed by atoms with Gasteiger partial charge in [-0.2, -0.15) is 0 Å². The predicted octanol–water partition coefficient (Wildman–Crippen LogP) is 2.33. The number of methoxy groups -OCH3 is 1. The maximum atomic E-state index is 8.96. The normalized spacial score (nSPS) is 10.6. The van der Waals surface area contributed by atoms with Gasteiger partial charge in [-0.15, -0.1) is 6.58 Å². The van der Waals surface area contributed by atoms with Gasteiger partial charge >= 0.3 is 0 Å². The summed E-state index contributed by atoms with van der Waals surface area (Å²) < 4.78 is 5.10. The molecule has 1 aromatic carbocycles. The zero-order chi connectivity index (χ0) is 12.7. The van der Waals surface area contributed by atoms with Crippen molar-refractivity contribution in [3.05, 3.63) is 41.4 Å². The fourth-order valence-electron chi connectivity index (χ4n) is 1.58. The van der Waals surface area contributed by atoms with Gasteiger partial charge < -0.3 is 9.84 Å². The van der Waals surface area contributed by atoms with Crippen LogP contribution in [0.3, 0.4) is 0 Å². The third-order valence-corrected chi connectivity index (χ3v) is 2.81. The lowest BCUT2D eigenvalue weighted by atomic mass is 10.2. The van der Waals surface area contributed by atoms with Gasteiger partial charge in [-0.25, -0.2) is 0 Å². The second-order valence-corrected chi connectivity index (χ2v) is 4.11. The monoisotopic (exact) mass is 255 g/mol. The molecule has 4 heteroatoms. The first kappa shape index (κ1) is 14.0. The molecule has 94 valence electrons. The van der Waals surface area contributed by atoms with Crippen LogP contribution in [-0.2, 0) is 6.54 Å². The number of hydrogen-bond acceptors (Lipinski definition) is 3. The fraction of sp³-hybridized carbons (Fsp3) is 0.385. The van der Waals surface area contributed by atoms with Crippen molar-refractivity contribution in [2.75, 3.05) is 26.8 Å². The minimum absolute atomic E-state index is 0.127. The quantitative estimate of drug-likeness (QED) is 0.759. The van der Waals surface area contributed by atoms with Crippen molar-refractivity contribution < 1.29 is 9.84 Å². The number of rotatable bonds is 7. The first-order valence-electron chi connectivity index (χ1n) is 5.47. The molecule has 0 unspecified atom stereocenters. The van der Waals surface area contributed by atoms with Crippen molar-refractivity contribution in [3.63, 3.8) is 0 Å². The largest absolute Gasteiger partial charge is 0.497 e. The number of hydrogen-bond donors (Lipinski definition) is 1. The van der Waals surface area contributed by atoms with E-state index in [9.17, 15) is 0 Å². The van der Waals surface area contributed by atoms with Crippen LogP contribution in [0.25, 0.3) is 0 Å². The minimum atomic E-state index is 0.127. The maximum Gasteiger partial charge on any atom is 0.120 e. The van der Waals surface area contributed by atoms with E-state index in [1.54, 1.807) is 13.2 Å². The number of ether oxygens (including phenoxy) is 1. The van der Waals surface area contributed by atoms with Crippen LogP contribution in [-0.4, -0.2) is 36.8 Å². The molecule has 0 aliphatic heterocycles. The summed E-state index contributed by atoms with van der Waals surface area (Å²) in [5.74, 6) is 0.746. The summed E-state index contributed by atoms with van der Waals surface area (Å²) in [5, 5.41) is 9.64. The molecule has 0 amide bonds. The minimum Gasteiger partial charge on any atom is -0.497 e. The van der Waals surface area contributed by atoms with Gasteiger partial charge in [-0.3, -0.25) is 4.90 Å². The van der Waals surface area contributed by atoms with E-state index in [-0.39, 0.29) is 6.61 Å². The SMILES string of the molecule is C=CCN(CCO)Cc1ccc(OC)cc1Cl. The molecule has 1 rings (SSSR count). The molecule has 0 saturated carbocycles. The first-order chi connectivity index (χ1) is 8.21. The Morgan fingerprint density at radius 3 is 2.82 bits per heavy atom. The number of aliphatic hydroxyl groups is 1. The van der Waals surface area contributed by atoms with Gasteiger partial charge in [0.05, 0.1) is 13.7 Å². The Balaban J connectivity index is 2.74. The second-order valence-electron chi connectivity index (χ2n) is 3.70. The van der Waals surface area contributed by atoms with Crippen molar-refractivity contribution in [2.45, 2.75) is 6.54 Å². The molecule has 0 atom stereocenters. The topological polar surface area (TPSA) is 32.7 Å². The fourth-order valence-corrected chi connectivity index (χ4v) is 1.81. The lowest BCUT2D eigenvalue weighted by molar-refractivity contribution is 0.203. The van der Waals surface area contributed by atoms with Crippen LogP contribution in [0.2, 0.25) is 5.02 Å². The number of aliphatic hydroxyl groups excluding tert-OH is 1. The van der Waals surface area contributed by atoms with Crippen molar-refractivity contribution in [1.82, 2.24) is 4.90 Å². The average molecular weight is 256 g/mol. The van der Waals surface area contributed by atoms with Crippen LogP contribution in [0.4, 0.5) is 0 Å². The summed E-state index contributed by atoms with van der Waals surface area (Å²) in [6.45, 7) is 5.85. The van der Waals surface area contributed by atoms with Gasteiger partial charge in [0.15, 0.2) is 0 Å². The summed E-state index contributed by atoms with van der Waals surface area (Å²) in [4.78, 5) is 2.07. The number of benzene rings is 1. The van der Waals surface area contributed by atoms with E-state index in [0.717, 1.165) is 17.9 Å². The molecule has 3 nitrogen and oxygen atoms in total. The highest BCUT2D eigenvalue weighted by Gasteiger charge is 2.07. The second kappa shape index (κ2) is 7.33. The summed E-state index contributed by atoms with van der Waals surface area (Å²) in [5.41, 5.74) is 1.02. The molecule has 0 aliphatic rings. The Labute approximate surface area is 107 Å². The lowest BCUT2D eigenvalue weighted by Crippen LogP contribution is -2.26. The van der Waals surface area contributed by atoms with Gasteiger partial charge in [0.25, 0.3) is 0 Å². The van der Waals surface area contributed by atoms with E-state index in [1.807, 2.05) is 18.2 Å². The molecular formula is C13H18ClNO2. The van der Waals surface area contributed by atoms with E-state index in [0.29, 0.717) is 18.1 Å². The highest BCUT2D eigenvalue weighted by Crippen LogP contribution is 2.23. The summed E-state index contributed by atoms with van der Waals surface area (Å²) in [6, 6.07) is 5.61. The van der Waals surface area contributed by atoms with E-state index >= 15 is 0 Å². The summed E-state index contributed by atoms with van der Waals surface area (Å²) in [7, 11) is 1.61. The highest BCUT2D eigenvalue weighted by molar-refractivity contribution is 6.31. The molecule has 0 fully saturated rings. The molecular weight excluding hydrogens is 238 g/mol. The Morgan fingerprint density at radius 2 is 2.29 bits per heavy atom. The molecule has 0 heterocycles. The Morgan fingerprint density at radius 1 is 1.53 bits per heavy atom. The van der Waals surface area contributed by atoms with E-state index in [1.165, 1.54) is 0 Å². The van der Waals surface area contributed by atoms with Crippen LogP contribution in [0.5, 0.6) is 5.75 Å². The Kier molecular flexibility index (Phi) is 6.05. The average Bonchev–Trinajstić information content (AvgIpc) is 2.32. The Hall–Kier alpha value is -1.03. The molecule has 0 bridgehead atoms. The molecule has 0 spiro atoms. The highest BCUT2D eigenvalue weighted by atomic mass is 35.5.